The largest absolute Gasteiger partial charge is 0.357 e. The number of amidine groups is 1. The lowest BCUT2D eigenvalue weighted by atomic mass is 10.1. The van der Waals surface area contributed by atoms with Gasteiger partial charge in [-0.15, -0.1) is 0 Å². The molecule has 0 aromatic heterocycles. The zero-order valence-electron chi connectivity index (χ0n) is 8.82. The molecule has 2 aliphatic rings. The van der Waals surface area contributed by atoms with Crippen molar-refractivity contribution < 1.29 is 0 Å². The molecule has 0 bridgehead atoms. The highest BCUT2D eigenvalue weighted by Crippen LogP contribution is 2.45. The third kappa shape index (κ3) is 1.54. The molecule has 78 valence electrons. The molecule has 1 aromatic rings. The van der Waals surface area contributed by atoms with E-state index in [1.165, 1.54) is 18.4 Å². The van der Waals surface area contributed by atoms with Crippen molar-refractivity contribution in [3.05, 3.63) is 35.9 Å². The molecule has 2 heteroatoms. The van der Waals surface area contributed by atoms with Crippen molar-refractivity contribution in [2.24, 2.45) is 0 Å². The van der Waals surface area contributed by atoms with Crippen LogP contribution in [0.2, 0.25) is 0 Å². The second-order valence-electron chi connectivity index (χ2n) is 4.56. The maximum absolute atomic E-state index is 7.85. The molecule has 3 rings (SSSR count). The Bertz CT molecular complexity index is 371. The van der Waals surface area contributed by atoms with E-state index in [1.54, 1.807) is 0 Å². The first kappa shape index (κ1) is 8.96. The molecule has 2 fully saturated rings. The first-order chi connectivity index (χ1) is 7.36. The van der Waals surface area contributed by atoms with E-state index in [1.807, 2.05) is 0 Å². The zero-order chi connectivity index (χ0) is 10.3. The number of nitrogens with one attached hydrogen (secondary N) is 1. The third-order valence-corrected chi connectivity index (χ3v) is 3.54. The van der Waals surface area contributed by atoms with Gasteiger partial charge in [0.1, 0.15) is 0 Å². The molecular formula is C13H16N2. The highest BCUT2D eigenvalue weighted by Gasteiger charge is 2.44. The van der Waals surface area contributed by atoms with Gasteiger partial charge in [-0.25, -0.2) is 0 Å². The smallest absolute Gasteiger partial charge is 0.0961 e. The van der Waals surface area contributed by atoms with Crippen LogP contribution in [0.25, 0.3) is 0 Å². The molecule has 1 aromatic carbocycles. The summed E-state index contributed by atoms with van der Waals surface area (Å²) in [5.74, 6) is 1.54. The van der Waals surface area contributed by atoms with E-state index in [0.717, 1.165) is 18.8 Å². The molecule has 0 spiro atoms. The van der Waals surface area contributed by atoms with Gasteiger partial charge in [0.15, 0.2) is 0 Å². The highest BCUT2D eigenvalue weighted by atomic mass is 15.2. The Morgan fingerprint density at radius 2 is 2.00 bits per heavy atom. The zero-order valence-corrected chi connectivity index (χ0v) is 8.82. The molecule has 2 unspecified atom stereocenters. The lowest BCUT2D eigenvalue weighted by Gasteiger charge is -2.17. The maximum Gasteiger partial charge on any atom is 0.0961 e. The van der Waals surface area contributed by atoms with Crippen LogP contribution in [0.3, 0.4) is 0 Å². The van der Waals surface area contributed by atoms with Crippen LogP contribution in [0.15, 0.2) is 30.3 Å². The Hall–Kier alpha value is -1.31. The van der Waals surface area contributed by atoms with Crippen molar-refractivity contribution >= 4 is 5.84 Å². The number of nitrogens with zero attached hydrogens (tertiary/aromatic N) is 1. The minimum Gasteiger partial charge on any atom is -0.357 e. The fraction of sp³-hybridized carbons (Fsp3) is 0.462. The van der Waals surface area contributed by atoms with Crippen LogP contribution in [-0.4, -0.2) is 23.3 Å². The van der Waals surface area contributed by atoms with E-state index >= 15 is 0 Å². The van der Waals surface area contributed by atoms with Gasteiger partial charge in [-0.2, -0.15) is 0 Å². The first-order valence-electron chi connectivity index (χ1n) is 5.75. The summed E-state index contributed by atoms with van der Waals surface area (Å²) in [6, 6.07) is 11.3. The summed E-state index contributed by atoms with van der Waals surface area (Å²) >= 11 is 0. The normalized spacial score (nSPS) is 29.6. The van der Waals surface area contributed by atoms with Gasteiger partial charge in [-0.05, 0) is 18.4 Å². The number of likely N-dealkylation sites (tertiary alicyclic amines) is 1. The standard InChI is InChI=1S/C13H16N2/c14-13-7-4-8-15(13)12-9-11(12)10-5-2-1-3-6-10/h1-3,5-6,11-12,14H,4,7-9H2. The summed E-state index contributed by atoms with van der Waals surface area (Å²) in [6.07, 6.45) is 3.40. The summed E-state index contributed by atoms with van der Waals surface area (Å²) in [5.41, 5.74) is 1.45. The molecule has 1 N–H and O–H groups in total. The van der Waals surface area contributed by atoms with Crippen molar-refractivity contribution in [3.8, 4) is 0 Å². The molecular weight excluding hydrogens is 184 g/mol. The van der Waals surface area contributed by atoms with Crippen LogP contribution in [0, 0.1) is 5.41 Å². The van der Waals surface area contributed by atoms with Gasteiger partial charge in [0.05, 0.1) is 5.84 Å². The molecule has 1 saturated carbocycles. The number of hydrogen-bond acceptors (Lipinski definition) is 1. The quantitative estimate of drug-likeness (QED) is 0.780. The van der Waals surface area contributed by atoms with Gasteiger partial charge in [-0.3, -0.25) is 5.41 Å². The van der Waals surface area contributed by atoms with E-state index in [0.29, 0.717) is 12.0 Å². The SMILES string of the molecule is N=C1CCCN1C1CC1c1ccccc1. The van der Waals surface area contributed by atoms with E-state index < -0.39 is 0 Å². The molecule has 0 radical (unpaired) electrons. The third-order valence-electron chi connectivity index (χ3n) is 3.54. The fourth-order valence-corrected chi connectivity index (χ4v) is 2.65. The Morgan fingerprint density at radius 3 is 2.67 bits per heavy atom. The van der Waals surface area contributed by atoms with Crippen molar-refractivity contribution in [2.75, 3.05) is 6.54 Å². The van der Waals surface area contributed by atoms with E-state index in [9.17, 15) is 0 Å². The molecule has 2 atom stereocenters. The Balaban J connectivity index is 1.72. The van der Waals surface area contributed by atoms with Gasteiger partial charge in [0.25, 0.3) is 0 Å². The first-order valence-corrected chi connectivity index (χ1v) is 5.75. The molecule has 1 aliphatic carbocycles. The summed E-state index contributed by atoms with van der Waals surface area (Å²) in [6.45, 7) is 1.10. The van der Waals surface area contributed by atoms with Gasteiger partial charge < -0.3 is 4.90 Å². The van der Waals surface area contributed by atoms with Crippen LogP contribution in [0.5, 0.6) is 0 Å². The average molecular weight is 200 g/mol. The van der Waals surface area contributed by atoms with Crippen molar-refractivity contribution in [1.82, 2.24) is 4.90 Å². The van der Waals surface area contributed by atoms with Crippen molar-refractivity contribution in [2.45, 2.75) is 31.2 Å². The molecule has 1 aliphatic heterocycles. The number of hydrogen-bond donors (Lipinski definition) is 1. The highest BCUT2D eigenvalue weighted by molar-refractivity contribution is 5.81. The lowest BCUT2D eigenvalue weighted by Crippen LogP contribution is -2.27. The Labute approximate surface area is 90.4 Å². The summed E-state index contributed by atoms with van der Waals surface area (Å²) < 4.78 is 0. The van der Waals surface area contributed by atoms with Gasteiger partial charge >= 0.3 is 0 Å². The maximum atomic E-state index is 7.85. The Kier molecular flexibility index (Phi) is 2.01. The van der Waals surface area contributed by atoms with Crippen LogP contribution in [0.4, 0.5) is 0 Å². The number of rotatable bonds is 2. The minimum atomic E-state index is 0.627. The van der Waals surface area contributed by atoms with Gasteiger partial charge in [0.2, 0.25) is 0 Å². The van der Waals surface area contributed by atoms with Gasteiger partial charge in [-0.1, -0.05) is 30.3 Å². The summed E-state index contributed by atoms with van der Waals surface area (Å²) in [5, 5.41) is 7.85. The van der Waals surface area contributed by atoms with E-state index in [-0.39, 0.29) is 0 Å². The second kappa shape index (κ2) is 3.37. The molecule has 0 amide bonds. The van der Waals surface area contributed by atoms with Gasteiger partial charge in [0, 0.05) is 24.9 Å². The average Bonchev–Trinajstić information content (AvgIpc) is 2.96. The number of benzene rings is 1. The predicted octanol–water partition coefficient (Wildman–Crippen LogP) is 2.62. The summed E-state index contributed by atoms with van der Waals surface area (Å²) in [7, 11) is 0. The summed E-state index contributed by atoms with van der Waals surface area (Å²) in [4.78, 5) is 2.30. The van der Waals surface area contributed by atoms with Crippen LogP contribution in [-0.2, 0) is 0 Å². The Morgan fingerprint density at radius 1 is 1.20 bits per heavy atom. The predicted molar refractivity (Wildman–Crippen MR) is 61.3 cm³/mol. The van der Waals surface area contributed by atoms with E-state index in [2.05, 4.69) is 35.2 Å². The topological polar surface area (TPSA) is 27.1 Å². The lowest BCUT2D eigenvalue weighted by molar-refractivity contribution is 0.434. The molecule has 1 heterocycles. The molecule has 2 nitrogen and oxygen atoms in total. The van der Waals surface area contributed by atoms with Crippen LogP contribution in [0.1, 0.15) is 30.7 Å². The second-order valence-corrected chi connectivity index (χ2v) is 4.56. The van der Waals surface area contributed by atoms with Crippen LogP contribution >= 0.6 is 0 Å². The van der Waals surface area contributed by atoms with Crippen molar-refractivity contribution in [1.29, 1.82) is 5.41 Å². The minimum absolute atomic E-state index is 0.627. The molecule has 15 heavy (non-hydrogen) atoms. The fourth-order valence-electron chi connectivity index (χ4n) is 2.65. The van der Waals surface area contributed by atoms with E-state index in [4.69, 9.17) is 5.41 Å². The monoisotopic (exact) mass is 200 g/mol. The van der Waals surface area contributed by atoms with Crippen molar-refractivity contribution in [3.63, 3.8) is 0 Å². The molecule has 1 saturated heterocycles. The van der Waals surface area contributed by atoms with Crippen LogP contribution < -0.4 is 0 Å².